The summed E-state index contributed by atoms with van der Waals surface area (Å²) in [6.45, 7) is 0. The van der Waals surface area contributed by atoms with Crippen LogP contribution in [-0.2, 0) is 12.8 Å². The molecule has 1 aromatic carbocycles. The van der Waals surface area contributed by atoms with Gasteiger partial charge in [0, 0.05) is 31.4 Å². The van der Waals surface area contributed by atoms with Crippen molar-refractivity contribution in [2.45, 2.75) is 19.3 Å². The molecule has 0 spiro atoms. The van der Waals surface area contributed by atoms with Crippen LogP contribution in [0, 0.1) is 0 Å². The van der Waals surface area contributed by atoms with Gasteiger partial charge in [0.05, 0.1) is 11.4 Å². The van der Waals surface area contributed by atoms with Crippen LogP contribution in [0.25, 0.3) is 5.69 Å². The lowest BCUT2D eigenvalue weighted by atomic mass is 10.2. The Morgan fingerprint density at radius 2 is 1.96 bits per heavy atom. The topological polar surface area (TPSA) is 63.1 Å². The molecule has 132 valence electrons. The fourth-order valence-electron chi connectivity index (χ4n) is 3.26. The quantitative estimate of drug-likeness (QED) is 0.788. The highest BCUT2D eigenvalue weighted by atomic mass is 16.1. The van der Waals surface area contributed by atoms with E-state index >= 15 is 0 Å². The molecule has 0 radical (unpaired) electrons. The summed E-state index contributed by atoms with van der Waals surface area (Å²) in [4.78, 5) is 19.0. The lowest BCUT2D eigenvalue weighted by Gasteiger charge is -2.13. The van der Waals surface area contributed by atoms with E-state index in [9.17, 15) is 4.79 Å². The number of nitrogens with one attached hydrogen (secondary N) is 1. The van der Waals surface area contributed by atoms with Gasteiger partial charge >= 0.3 is 0 Å². The number of benzene rings is 1. The molecule has 3 aromatic rings. The molecule has 1 aliphatic carbocycles. The SMILES string of the molecule is CN(C)c1cc(C(=O)Nc2c3c(nn2-c2ccccc2)CCC3)ccn1. The summed E-state index contributed by atoms with van der Waals surface area (Å²) >= 11 is 0. The van der Waals surface area contributed by atoms with Crippen molar-refractivity contribution in [2.75, 3.05) is 24.3 Å². The summed E-state index contributed by atoms with van der Waals surface area (Å²) < 4.78 is 1.84. The molecule has 1 amide bonds. The predicted octanol–water partition coefficient (Wildman–Crippen LogP) is 3.07. The summed E-state index contributed by atoms with van der Waals surface area (Å²) in [5.41, 5.74) is 3.74. The number of carbonyl (C=O) groups is 1. The van der Waals surface area contributed by atoms with Crippen molar-refractivity contribution >= 4 is 17.5 Å². The number of fused-ring (bicyclic) bond motifs is 1. The minimum atomic E-state index is -0.151. The number of rotatable bonds is 4. The standard InChI is InChI=1S/C20H21N5O/c1-24(2)18-13-14(11-12-21-18)20(26)22-19-16-9-6-10-17(16)23-25(19)15-7-4-3-5-8-15/h3-5,7-8,11-13H,6,9-10H2,1-2H3,(H,22,26). The fraction of sp³-hybridized carbons (Fsp3) is 0.250. The number of pyridine rings is 1. The zero-order chi connectivity index (χ0) is 18.1. The third-order valence-corrected chi connectivity index (χ3v) is 4.61. The summed E-state index contributed by atoms with van der Waals surface area (Å²) in [5, 5.41) is 7.82. The average Bonchev–Trinajstić information content (AvgIpc) is 3.25. The second kappa shape index (κ2) is 6.63. The summed E-state index contributed by atoms with van der Waals surface area (Å²) in [5.74, 6) is 1.37. The predicted molar refractivity (Wildman–Crippen MR) is 102 cm³/mol. The second-order valence-electron chi connectivity index (χ2n) is 6.63. The van der Waals surface area contributed by atoms with Crippen LogP contribution in [0.1, 0.15) is 28.0 Å². The Morgan fingerprint density at radius 1 is 1.15 bits per heavy atom. The van der Waals surface area contributed by atoms with Crippen molar-refractivity contribution in [1.82, 2.24) is 14.8 Å². The molecule has 26 heavy (non-hydrogen) atoms. The molecule has 0 atom stereocenters. The Labute approximate surface area is 152 Å². The molecule has 6 nitrogen and oxygen atoms in total. The number of aromatic nitrogens is 3. The van der Waals surface area contributed by atoms with Crippen LogP contribution in [0.4, 0.5) is 11.6 Å². The average molecular weight is 347 g/mol. The number of hydrogen-bond donors (Lipinski definition) is 1. The zero-order valence-corrected chi connectivity index (χ0v) is 14.9. The molecule has 1 N–H and O–H groups in total. The zero-order valence-electron chi connectivity index (χ0n) is 14.9. The third-order valence-electron chi connectivity index (χ3n) is 4.61. The first kappa shape index (κ1) is 16.3. The van der Waals surface area contributed by atoms with Crippen LogP contribution >= 0.6 is 0 Å². The Hall–Kier alpha value is -3.15. The molecule has 0 aliphatic heterocycles. The lowest BCUT2D eigenvalue weighted by molar-refractivity contribution is 0.102. The van der Waals surface area contributed by atoms with Crippen molar-refractivity contribution < 1.29 is 4.79 Å². The number of amides is 1. The van der Waals surface area contributed by atoms with Crippen molar-refractivity contribution in [1.29, 1.82) is 0 Å². The summed E-state index contributed by atoms with van der Waals surface area (Å²) in [6, 6.07) is 13.4. The van der Waals surface area contributed by atoms with Gasteiger partial charge < -0.3 is 10.2 Å². The lowest BCUT2D eigenvalue weighted by Crippen LogP contribution is -2.18. The third kappa shape index (κ3) is 2.94. The van der Waals surface area contributed by atoms with Crippen molar-refractivity contribution in [3.8, 4) is 5.69 Å². The molecule has 2 heterocycles. The molecule has 0 saturated carbocycles. The number of carbonyl (C=O) groups excluding carboxylic acids is 1. The van der Waals surface area contributed by atoms with E-state index in [-0.39, 0.29) is 5.91 Å². The molecular formula is C20H21N5O. The van der Waals surface area contributed by atoms with E-state index in [2.05, 4.69) is 10.3 Å². The maximum atomic E-state index is 12.9. The molecule has 6 heteroatoms. The highest BCUT2D eigenvalue weighted by Crippen LogP contribution is 2.31. The van der Waals surface area contributed by atoms with E-state index in [0.717, 1.165) is 47.8 Å². The van der Waals surface area contributed by atoms with Gasteiger partial charge in [0.2, 0.25) is 0 Å². The minimum absolute atomic E-state index is 0.151. The molecule has 4 rings (SSSR count). The largest absolute Gasteiger partial charge is 0.363 e. The Balaban J connectivity index is 1.70. The van der Waals surface area contributed by atoms with E-state index in [0.29, 0.717) is 5.56 Å². The monoisotopic (exact) mass is 347 g/mol. The molecule has 1 aliphatic rings. The molecule has 0 fully saturated rings. The molecule has 0 saturated heterocycles. The summed E-state index contributed by atoms with van der Waals surface area (Å²) in [6.07, 6.45) is 4.63. The van der Waals surface area contributed by atoms with Gasteiger partial charge in [-0.1, -0.05) is 18.2 Å². The van der Waals surface area contributed by atoms with Crippen LogP contribution in [-0.4, -0.2) is 34.8 Å². The molecular weight excluding hydrogens is 326 g/mol. The van der Waals surface area contributed by atoms with Crippen LogP contribution < -0.4 is 10.2 Å². The Kier molecular flexibility index (Phi) is 4.16. The number of anilines is 2. The first-order valence-corrected chi connectivity index (χ1v) is 8.74. The Bertz CT molecular complexity index is 946. The Morgan fingerprint density at radius 3 is 2.73 bits per heavy atom. The van der Waals surface area contributed by atoms with Crippen LogP contribution in [0.2, 0.25) is 0 Å². The number of nitrogens with zero attached hydrogens (tertiary/aromatic N) is 4. The van der Waals surface area contributed by atoms with E-state index in [1.165, 1.54) is 0 Å². The van der Waals surface area contributed by atoms with Crippen molar-refractivity contribution in [3.05, 3.63) is 65.5 Å². The highest BCUT2D eigenvalue weighted by Gasteiger charge is 2.24. The summed E-state index contributed by atoms with van der Waals surface area (Å²) in [7, 11) is 3.81. The van der Waals surface area contributed by atoms with Gasteiger partial charge in [0.1, 0.15) is 11.6 Å². The highest BCUT2D eigenvalue weighted by molar-refractivity contribution is 6.04. The second-order valence-corrected chi connectivity index (χ2v) is 6.63. The van der Waals surface area contributed by atoms with Crippen LogP contribution in [0.15, 0.2) is 48.7 Å². The van der Waals surface area contributed by atoms with Gasteiger partial charge in [-0.05, 0) is 43.5 Å². The van der Waals surface area contributed by atoms with E-state index in [4.69, 9.17) is 5.10 Å². The van der Waals surface area contributed by atoms with Crippen molar-refractivity contribution in [3.63, 3.8) is 0 Å². The van der Waals surface area contributed by atoms with Crippen molar-refractivity contribution in [2.24, 2.45) is 0 Å². The van der Waals surface area contributed by atoms with Gasteiger partial charge in [-0.15, -0.1) is 0 Å². The minimum Gasteiger partial charge on any atom is -0.363 e. The van der Waals surface area contributed by atoms with Gasteiger partial charge in [-0.25, -0.2) is 9.67 Å². The van der Waals surface area contributed by atoms with Gasteiger partial charge in [-0.3, -0.25) is 4.79 Å². The maximum absolute atomic E-state index is 12.9. The maximum Gasteiger partial charge on any atom is 0.257 e. The molecule has 2 aromatic heterocycles. The number of hydrogen-bond acceptors (Lipinski definition) is 4. The van der Waals surface area contributed by atoms with Gasteiger partial charge in [-0.2, -0.15) is 5.10 Å². The van der Waals surface area contributed by atoms with Gasteiger partial charge in [0.25, 0.3) is 5.91 Å². The normalized spacial score (nSPS) is 12.7. The molecule has 0 unspecified atom stereocenters. The van der Waals surface area contributed by atoms with E-state index in [1.54, 1.807) is 18.3 Å². The molecule has 0 bridgehead atoms. The number of aryl methyl sites for hydroxylation is 1. The smallest absolute Gasteiger partial charge is 0.257 e. The first-order valence-electron chi connectivity index (χ1n) is 8.74. The van der Waals surface area contributed by atoms with E-state index < -0.39 is 0 Å². The van der Waals surface area contributed by atoms with Crippen LogP contribution in [0.3, 0.4) is 0 Å². The first-order chi connectivity index (χ1) is 12.6. The number of para-hydroxylation sites is 1. The van der Waals surface area contributed by atoms with Crippen LogP contribution in [0.5, 0.6) is 0 Å². The fourth-order valence-corrected chi connectivity index (χ4v) is 3.26. The van der Waals surface area contributed by atoms with E-state index in [1.807, 2.05) is 54.0 Å². The van der Waals surface area contributed by atoms with Gasteiger partial charge in [0.15, 0.2) is 0 Å².